The summed E-state index contributed by atoms with van der Waals surface area (Å²) in [5, 5.41) is 26.3. The first-order valence-corrected chi connectivity index (χ1v) is 22.4. The Morgan fingerprint density at radius 2 is 1.40 bits per heavy atom. The SMILES string of the molecule is CCC(C)C(NC(=O)NC1CCCCNC(=O)C(CCSC)NC(=O)C(CCc2ccccc2)N(C)C(=O)C(CCc2ccccc2)NC(=O)C(C(C)C)NC1=O)C(=O)O. The van der Waals surface area contributed by atoms with Gasteiger partial charge in [-0.1, -0.05) is 94.8 Å². The van der Waals surface area contributed by atoms with Crippen LogP contribution in [-0.2, 0) is 41.6 Å². The first kappa shape index (κ1) is 49.2. The van der Waals surface area contributed by atoms with Crippen LogP contribution in [0.3, 0.4) is 0 Å². The molecule has 330 valence electrons. The molecule has 0 saturated carbocycles. The predicted molar refractivity (Wildman–Crippen MR) is 233 cm³/mol. The Morgan fingerprint density at radius 1 is 0.800 bits per heavy atom. The van der Waals surface area contributed by atoms with E-state index in [1.165, 1.54) is 23.7 Å². The van der Waals surface area contributed by atoms with Gasteiger partial charge in [-0.05, 0) is 86.3 Å². The topological polar surface area (TPSA) is 215 Å². The van der Waals surface area contributed by atoms with Crippen LogP contribution < -0.4 is 31.9 Å². The van der Waals surface area contributed by atoms with E-state index in [2.05, 4.69) is 31.9 Å². The van der Waals surface area contributed by atoms with E-state index >= 15 is 0 Å². The number of hydrogen-bond donors (Lipinski definition) is 7. The molecule has 7 atom stereocenters. The first-order chi connectivity index (χ1) is 28.7. The second-order valence-corrected chi connectivity index (χ2v) is 16.8. The number of nitrogens with zero attached hydrogens (tertiary/aromatic N) is 1. The van der Waals surface area contributed by atoms with Crippen molar-refractivity contribution in [2.75, 3.05) is 25.6 Å². The van der Waals surface area contributed by atoms with Crippen LogP contribution in [-0.4, -0.2) is 113 Å². The monoisotopic (exact) mass is 851 g/mol. The van der Waals surface area contributed by atoms with Crippen molar-refractivity contribution < 1.29 is 38.7 Å². The second-order valence-electron chi connectivity index (χ2n) is 15.8. The lowest BCUT2D eigenvalue weighted by Gasteiger charge is -2.33. The Morgan fingerprint density at radius 3 is 1.97 bits per heavy atom. The number of thioether (sulfide) groups is 1. The van der Waals surface area contributed by atoms with Crippen LogP contribution in [0, 0.1) is 11.8 Å². The van der Waals surface area contributed by atoms with E-state index in [-0.39, 0.29) is 25.8 Å². The number of carboxylic acid groups (broad SMARTS) is 1. The van der Waals surface area contributed by atoms with Crippen molar-refractivity contribution >= 4 is 53.3 Å². The zero-order valence-electron chi connectivity index (χ0n) is 35.8. The third kappa shape index (κ3) is 15.8. The maximum absolute atomic E-state index is 14.6. The van der Waals surface area contributed by atoms with Gasteiger partial charge < -0.3 is 41.9 Å². The maximum atomic E-state index is 14.6. The molecular formula is C44H65N7O8S. The van der Waals surface area contributed by atoms with E-state index in [4.69, 9.17) is 0 Å². The number of amides is 7. The summed E-state index contributed by atoms with van der Waals surface area (Å²) in [6.07, 6.45) is 4.87. The number of nitrogens with one attached hydrogen (secondary N) is 6. The number of aryl methyl sites for hydroxylation is 2. The van der Waals surface area contributed by atoms with Crippen molar-refractivity contribution in [1.82, 2.24) is 36.8 Å². The van der Waals surface area contributed by atoms with Gasteiger partial charge in [-0.15, -0.1) is 0 Å². The molecule has 2 aromatic carbocycles. The molecule has 3 rings (SSSR count). The van der Waals surface area contributed by atoms with Gasteiger partial charge in [0.1, 0.15) is 36.3 Å². The number of carbonyl (C=O) groups is 7. The molecule has 0 radical (unpaired) electrons. The largest absolute Gasteiger partial charge is 0.480 e. The van der Waals surface area contributed by atoms with Crippen LogP contribution in [0.2, 0.25) is 0 Å². The minimum atomic E-state index is -1.21. The van der Waals surface area contributed by atoms with Crippen LogP contribution >= 0.6 is 11.8 Å². The molecule has 16 heteroatoms. The molecule has 7 amide bonds. The molecule has 0 aliphatic carbocycles. The summed E-state index contributed by atoms with van der Waals surface area (Å²) < 4.78 is 0. The van der Waals surface area contributed by atoms with E-state index in [1.54, 1.807) is 27.7 Å². The Labute approximate surface area is 358 Å². The van der Waals surface area contributed by atoms with Crippen molar-refractivity contribution in [3.63, 3.8) is 0 Å². The molecule has 7 unspecified atom stereocenters. The molecule has 0 spiro atoms. The lowest BCUT2D eigenvalue weighted by atomic mass is 9.98. The Kier molecular flexibility index (Phi) is 20.9. The fourth-order valence-electron chi connectivity index (χ4n) is 6.99. The molecule has 1 fully saturated rings. The van der Waals surface area contributed by atoms with Crippen LogP contribution in [0.15, 0.2) is 60.7 Å². The highest BCUT2D eigenvalue weighted by Crippen LogP contribution is 2.16. The number of rotatable bonds is 15. The van der Waals surface area contributed by atoms with Crippen molar-refractivity contribution in [2.24, 2.45) is 11.8 Å². The summed E-state index contributed by atoms with van der Waals surface area (Å²) in [6.45, 7) is 7.19. The van der Waals surface area contributed by atoms with Gasteiger partial charge in [0, 0.05) is 13.6 Å². The summed E-state index contributed by atoms with van der Waals surface area (Å²) in [6, 6.07) is 11.6. The average Bonchev–Trinajstić information content (AvgIpc) is 3.23. The molecule has 7 N–H and O–H groups in total. The number of benzene rings is 2. The summed E-state index contributed by atoms with van der Waals surface area (Å²) in [7, 11) is 1.53. The third-order valence-electron chi connectivity index (χ3n) is 10.9. The van der Waals surface area contributed by atoms with Gasteiger partial charge in [0.15, 0.2) is 0 Å². The van der Waals surface area contributed by atoms with E-state index in [0.29, 0.717) is 44.3 Å². The zero-order chi connectivity index (χ0) is 44.2. The van der Waals surface area contributed by atoms with Crippen molar-refractivity contribution in [3.05, 3.63) is 71.8 Å². The minimum Gasteiger partial charge on any atom is -0.480 e. The lowest BCUT2D eigenvalue weighted by molar-refractivity contribution is -0.143. The molecule has 1 saturated heterocycles. The molecule has 0 bridgehead atoms. The van der Waals surface area contributed by atoms with E-state index in [0.717, 1.165) is 11.1 Å². The van der Waals surface area contributed by atoms with Gasteiger partial charge in [0.2, 0.25) is 29.5 Å². The number of hydrogen-bond acceptors (Lipinski definition) is 8. The zero-order valence-corrected chi connectivity index (χ0v) is 36.6. The molecule has 2 aromatic rings. The molecule has 1 aliphatic rings. The number of aliphatic carboxylic acids is 1. The number of carbonyl (C=O) groups excluding carboxylic acids is 6. The molecule has 15 nitrogen and oxygen atoms in total. The maximum Gasteiger partial charge on any atom is 0.326 e. The summed E-state index contributed by atoms with van der Waals surface area (Å²) in [4.78, 5) is 97.2. The van der Waals surface area contributed by atoms with Crippen LogP contribution in [0.25, 0.3) is 0 Å². The Balaban J connectivity index is 2.03. The highest BCUT2D eigenvalue weighted by molar-refractivity contribution is 7.98. The van der Waals surface area contributed by atoms with Gasteiger partial charge in [-0.3, -0.25) is 24.0 Å². The fourth-order valence-corrected chi connectivity index (χ4v) is 7.46. The molecule has 60 heavy (non-hydrogen) atoms. The summed E-state index contributed by atoms with van der Waals surface area (Å²) in [5.74, 6) is -4.19. The smallest absolute Gasteiger partial charge is 0.326 e. The molecule has 0 aromatic heterocycles. The highest BCUT2D eigenvalue weighted by Gasteiger charge is 2.37. The van der Waals surface area contributed by atoms with E-state index < -0.39 is 89.6 Å². The van der Waals surface area contributed by atoms with Gasteiger partial charge in [0.05, 0.1) is 0 Å². The summed E-state index contributed by atoms with van der Waals surface area (Å²) in [5.41, 5.74) is 1.89. The molecule has 1 aliphatic heterocycles. The number of likely N-dealkylation sites (N-methyl/N-ethyl adjacent to an activating group) is 1. The average molecular weight is 852 g/mol. The van der Waals surface area contributed by atoms with Crippen molar-refractivity contribution in [2.45, 2.75) is 122 Å². The minimum absolute atomic E-state index is 0.0986. The normalized spacial score (nSPS) is 22.5. The lowest BCUT2D eigenvalue weighted by Crippen LogP contribution is -2.60. The van der Waals surface area contributed by atoms with Crippen LogP contribution in [0.1, 0.15) is 83.8 Å². The third-order valence-corrected chi connectivity index (χ3v) is 11.6. The van der Waals surface area contributed by atoms with Crippen molar-refractivity contribution in [1.29, 1.82) is 0 Å². The second kappa shape index (κ2) is 25.5. The van der Waals surface area contributed by atoms with Gasteiger partial charge >= 0.3 is 12.0 Å². The van der Waals surface area contributed by atoms with E-state index in [1.807, 2.05) is 66.9 Å². The standard InChI is InChI=1S/C44H65N7O8S/c1-7-29(4)37(43(57)58)50-44(59)48-32-20-14-15-26-45-38(52)33(25-27-60-6)46-40(54)35(24-22-31-18-12-9-13-19-31)51(5)42(56)34(23-21-30-16-10-8-11-17-30)47-41(55)36(28(2)3)49-39(32)53/h8-13,16-19,28-29,32-37H,7,14-15,20-27H2,1-6H3,(H,45,52)(H,46,54)(H,47,55)(H,49,53)(H,57,58)(H2,48,50,59). The molecular weight excluding hydrogens is 787 g/mol. The Hall–Kier alpha value is -5.12. The molecule has 1 heterocycles. The van der Waals surface area contributed by atoms with Gasteiger partial charge in [0.25, 0.3) is 0 Å². The van der Waals surface area contributed by atoms with Gasteiger partial charge in [-0.25, -0.2) is 9.59 Å². The highest BCUT2D eigenvalue weighted by atomic mass is 32.2. The summed E-state index contributed by atoms with van der Waals surface area (Å²) >= 11 is 1.53. The fraction of sp³-hybridized carbons (Fsp3) is 0.568. The quantitative estimate of drug-likeness (QED) is 0.140. The predicted octanol–water partition coefficient (Wildman–Crippen LogP) is 3.41. The van der Waals surface area contributed by atoms with Crippen LogP contribution in [0.4, 0.5) is 4.79 Å². The van der Waals surface area contributed by atoms with Crippen molar-refractivity contribution in [3.8, 4) is 0 Å². The number of carboxylic acids is 1. The van der Waals surface area contributed by atoms with Gasteiger partial charge in [-0.2, -0.15) is 11.8 Å². The van der Waals surface area contributed by atoms with E-state index in [9.17, 15) is 38.7 Å². The van der Waals surface area contributed by atoms with Crippen LogP contribution in [0.5, 0.6) is 0 Å². The Bertz CT molecular complexity index is 1720. The number of urea groups is 1. The first-order valence-electron chi connectivity index (χ1n) is 21.0.